The van der Waals surface area contributed by atoms with Gasteiger partial charge in [-0.3, -0.25) is 4.79 Å². The fourth-order valence-corrected chi connectivity index (χ4v) is 3.90. The maximum atomic E-state index is 12.7. The van der Waals surface area contributed by atoms with Crippen LogP contribution in [0.25, 0.3) is 0 Å². The van der Waals surface area contributed by atoms with Gasteiger partial charge in [0.15, 0.2) is 11.6 Å². The van der Waals surface area contributed by atoms with Gasteiger partial charge >= 0.3 is 0 Å². The summed E-state index contributed by atoms with van der Waals surface area (Å²) < 4.78 is 17.2. The molecule has 0 saturated carbocycles. The maximum absolute atomic E-state index is 12.7. The molecule has 3 heterocycles. The van der Waals surface area contributed by atoms with Gasteiger partial charge in [-0.25, -0.2) is 9.97 Å². The standard InChI is InChI=1S/C23H26BrN7O4/c1-33-17-12-16(29-22(32)14-5-4-6-20(24)27-14)18(34-2)11-15(17)28-21-19(35-3)13-26-23(30-21)31-9-7-25-8-10-31/h4-6,11-13,25H,7-10H2,1-3H3,(H,29,32)(H,26,28,30). The number of nitrogens with one attached hydrogen (secondary N) is 3. The number of rotatable bonds is 8. The van der Waals surface area contributed by atoms with E-state index in [1.54, 1.807) is 43.6 Å². The second-order valence-corrected chi connectivity index (χ2v) is 8.31. The van der Waals surface area contributed by atoms with Gasteiger partial charge in [0.05, 0.1) is 38.9 Å². The monoisotopic (exact) mass is 543 g/mol. The first-order valence-corrected chi connectivity index (χ1v) is 11.7. The maximum Gasteiger partial charge on any atom is 0.274 e. The number of nitrogens with zero attached hydrogens (tertiary/aromatic N) is 4. The van der Waals surface area contributed by atoms with E-state index in [1.165, 1.54) is 14.2 Å². The van der Waals surface area contributed by atoms with Crippen LogP contribution >= 0.6 is 15.9 Å². The predicted molar refractivity (Wildman–Crippen MR) is 136 cm³/mol. The van der Waals surface area contributed by atoms with E-state index in [1.807, 2.05) is 0 Å². The molecule has 3 aromatic rings. The summed E-state index contributed by atoms with van der Waals surface area (Å²) in [6.07, 6.45) is 1.63. The summed E-state index contributed by atoms with van der Waals surface area (Å²) in [7, 11) is 4.62. The zero-order chi connectivity index (χ0) is 24.8. The van der Waals surface area contributed by atoms with Gasteiger partial charge < -0.3 is 35.1 Å². The SMILES string of the molecule is COc1cc(Nc2nc(N3CCNCC3)ncc2OC)c(OC)cc1NC(=O)c1cccc(Br)n1. The number of methoxy groups -OCH3 is 3. The van der Waals surface area contributed by atoms with Gasteiger partial charge in [-0.1, -0.05) is 6.07 Å². The first kappa shape index (κ1) is 24.5. The molecule has 11 nitrogen and oxygen atoms in total. The smallest absolute Gasteiger partial charge is 0.274 e. The molecule has 184 valence electrons. The van der Waals surface area contributed by atoms with E-state index in [4.69, 9.17) is 14.2 Å². The molecule has 4 rings (SSSR count). The first-order chi connectivity index (χ1) is 17.0. The van der Waals surface area contributed by atoms with E-state index >= 15 is 0 Å². The highest BCUT2D eigenvalue weighted by atomic mass is 79.9. The summed E-state index contributed by atoms with van der Waals surface area (Å²) in [4.78, 5) is 28.2. The van der Waals surface area contributed by atoms with E-state index in [0.717, 1.165) is 26.2 Å². The minimum atomic E-state index is -0.384. The van der Waals surface area contributed by atoms with Crippen molar-refractivity contribution in [3.8, 4) is 17.2 Å². The van der Waals surface area contributed by atoms with Crippen LogP contribution in [0, 0.1) is 0 Å². The van der Waals surface area contributed by atoms with Crippen molar-refractivity contribution < 1.29 is 19.0 Å². The zero-order valence-electron chi connectivity index (χ0n) is 19.6. The summed E-state index contributed by atoms with van der Waals surface area (Å²) in [6, 6.07) is 8.49. The molecular weight excluding hydrogens is 518 g/mol. The molecule has 0 bridgehead atoms. The van der Waals surface area contributed by atoms with Crippen molar-refractivity contribution in [3.05, 3.63) is 46.8 Å². The van der Waals surface area contributed by atoms with E-state index in [-0.39, 0.29) is 11.6 Å². The highest BCUT2D eigenvalue weighted by Crippen LogP contribution is 2.39. The van der Waals surface area contributed by atoms with Crippen LogP contribution in [-0.2, 0) is 0 Å². The van der Waals surface area contributed by atoms with Crippen LogP contribution in [0.3, 0.4) is 0 Å². The zero-order valence-corrected chi connectivity index (χ0v) is 21.2. The minimum Gasteiger partial charge on any atom is -0.494 e. The molecule has 0 unspecified atom stereocenters. The number of carbonyl (C=O) groups is 1. The quantitative estimate of drug-likeness (QED) is 0.365. The lowest BCUT2D eigenvalue weighted by Crippen LogP contribution is -2.44. The van der Waals surface area contributed by atoms with Gasteiger partial charge in [-0.05, 0) is 28.1 Å². The molecule has 1 saturated heterocycles. The predicted octanol–water partition coefficient (Wildman–Crippen LogP) is 3.07. The van der Waals surface area contributed by atoms with Crippen molar-refractivity contribution in [3.63, 3.8) is 0 Å². The van der Waals surface area contributed by atoms with Crippen molar-refractivity contribution >= 4 is 45.0 Å². The van der Waals surface area contributed by atoms with E-state index in [9.17, 15) is 4.79 Å². The van der Waals surface area contributed by atoms with Crippen molar-refractivity contribution in [1.82, 2.24) is 20.3 Å². The van der Waals surface area contributed by atoms with Gasteiger partial charge in [0, 0.05) is 38.3 Å². The molecule has 1 aliphatic rings. The number of carbonyl (C=O) groups excluding carboxylic acids is 1. The number of piperazine rings is 1. The summed E-state index contributed by atoms with van der Waals surface area (Å²) in [6.45, 7) is 3.35. The Bertz CT molecular complexity index is 1200. The fourth-order valence-electron chi connectivity index (χ4n) is 3.56. The Labute approximate surface area is 211 Å². The Morgan fingerprint density at radius 3 is 2.37 bits per heavy atom. The number of aromatic nitrogens is 3. The second-order valence-electron chi connectivity index (χ2n) is 7.50. The van der Waals surface area contributed by atoms with Gasteiger partial charge in [-0.15, -0.1) is 0 Å². The number of benzene rings is 1. The third-order valence-electron chi connectivity index (χ3n) is 5.33. The van der Waals surface area contributed by atoms with E-state index < -0.39 is 0 Å². The van der Waals surface area contributed by atoms with Gasteiger partial charge in [0.1, 0.15) is 21.8 Å². The van der Waals surface area contributed by atoms with Crippen LogP contribution in [-0.4, -0.2) is 68.4 Å². The van der Waals surface area contributed by atoms with Crippen molar-refractivity contribution in [2.75, 3.05) is 63.0 Å². The van der Waals surface area contributed by atoms with Crippen LogP contribution in [0.5, 0.6) is 17.2 Å². The summed E-state index contributed by atoms with van der Waals surface area (Å²) >= 11 is 3.28. The van der Waals surface area contributed by atoms with Crippen LogP contribution in [0.1, 0.15) is 10.5 Å². The summed E-state index contributed by atoms with van der Waals surface area (Å²) in [5.74, 6) is 2.06. The molecule has 0 aliphatic carbocycles. The molecule has 3 N–H and O–H groups in total. The molecule has 1 fully saturated rings. The molecule has 1 amide bonds. The van der Waals surface area contributed by atoms with Gasteiger partial charge in [0.25, 0.3) is 5.91 Å². The number of ether oxygens (including phenoxy) is 3. The van der Waals surface area contributed by atoms with Crippen molar-refractivity contribution in [1.29, 1.82) is 0 Å². The van der Waals surface area contributed by atoms with E-state index in [0.29, 0.717) is 45.0 Å². The molecular formula is C23H26BrN7O4. The van der Waals surface area contributed by atoms with Crippen LogP contribution in [0.4, 0.5) is 23.1 Å². The molecule has 1 aliphatic heterocycles. The highest BCUT2D eigenvalue weighted by molar-refractivity contribution is 9.10. The lowest BCUT2D eigenvalue weighted by molar-refractivity contribution is 0.102. The average molecular weight is 544 g/mol. The number of hydrogen-bond donors (Lipinski definition) is 3. The summed E-state index contributed by atoms with van der Waals surface area (Å²) in [5, 5.41) is 9.41. The van der Waals surface area contributed by atoms with Gasteiger partial charge in [0.2, 0.25) is 5.95 Å². The van der Waals surface area contributed by atoms with E-state index in [2.05, 4.69) is 51.7 Å². The molecule has 2 aromatic heterocycles. The third kappa shape index (κ3) is 5.72. The normalized spacial score (nSPS) is 13.2. The summed E-state index contributed by atoms with van der Waals surface area (Å²) in [5.41, 5.74) is 1.26. The third-order valence-corrected chi connectivity index (χ3v) is 5.77. The lowest BCUT2D eigenvalue weighted by atomic mass is 10.2. The van der Waals surface area contributed by atoms with Crippen LogP contribution < -0.4 is 35.1 Å². The van der Waals surface area contributed by atoms with Crippen LogP contribution in [0.15, 0.2) is 41.1 Å². The first-order valence-electron chi connectivity index (χ1n) is 10.9. The largest absolute Gasteiger partial charge is 0.494 e. The molecule has 0 radical (unpaired) electrons. The van der Waals surface area contributed by atoms with Gasteiger partial charge in [-0.2, -0.15) is 4.98 Å². The number of anilines is 4. The fraction of sp³-hybridized carbons (Fsp3) is 0.304. The molecule has 12 heteroatoms. The molecule has 0 spiro atoms. The topological polar surface area (TPSA) is 123 Å². The Morgan fingerprint density at radius 1 is 1.00 bits per heavy atom. The number of amides is 1. The number of hydrogen-bond acceptors (Lipinski definition) is 10. The van der Waals surface area contributed by atoms with Crippen molar-refractivity contribution in [2.24, 2.45) is 0 Å². The Hall–Kier alpha value is -3.64. The molecule has 0 atom stereocenters. The second kappa shape index (κ2) is 11.2. The Morgan fingerprint density at radius 2 is 1.69 bits per heavy atom. The highest BCUT2D eigenvalue weighted by Gasteiger charge is 2.19. The lowest BCUT2D eigenvalue weighted by Gasteiger charge is -2.27. The number of pyridine rings is 1. The molecule has 35 heavy (non-hydrogen) atoms. The van der Waals surface area contributed by atoms with Crippen molar-refractivity contribution in [2.45, 2.75) is 0 Å². The molecule has 1 aromatic carbocycles. The number of halogens is 1. The van der Waals surface area contributed by atoms with Crippen LogP contribution in [0.2, 0.25) is 0 Å². The Balaban J connectivity index is 1.63. The average Bonchev–Trinajstić information content (AvgIpc) is 2.89. The Kier molecular flexibility index (Phi) is 7.83. The minimum absolute atomic E-state index is 0.258.